The normalized spacial score (nSPS) is 14.3. The number of ether oxygens (including phenoxy) is 3. The van der Waals surface area contributed by atoms with Gasteiger partial charge in [0, 0.05) is 24.1 Å². The number of hydrogen-bond donors (Lipinski definition) is 0. The number of rotatable bonds is 6. The Balaban J connectivity index is 1.82. The zero-order valence-corrected chi connectivity index (χ0v) is 18.9. The van der Waals surface area contributed by atoms with E-state index in [1.807, 2.05) is 32.9 Å². The number of fused-ring (bicyclic) bond motifs is 1. The molecule has 0 saturated carbocycles. The summed E-state index contributed by atoms with van der Waals surface area (Å²) >= 11 is 0. The minimum absolute atomic E-state index is 0.0875. The molecule has 0 aliphatic carbocycles. The molecule has 0 radical (unpaired) electrons. The fraction of sp³-hybridized carbons (Fsp3) is 0.522. The van der Waals surface area contributed by atoms with Crippen LogP contribution < -0.4 is 9.47 Å². The highest BCUT2D eigenvalue weighted by Gasteiger charge is 2.31. The molecule has 0 fully saturated rings. The second kappa shape index (κ2) is 9.05. The van der Waals surface area contributed by atoms with E-state index in [2.05, 4.69) is 0 Å². The van der Waals surface area contributed by atoms with Gasteiger partial charge in [-0.15, -0.1) is 0 Å². The number of carbonyl (C=O) groups excluding carboxylic acids is 1. The van der Waals surface area contributed by atoms with E-state index in [1.165, 1.54) is 6.07 Å². The Morgan fingerprint density at radius 2 is 1.69 bits per heavy atom. The topological polar surface area (TPSA) is 61.1 Å². The van der Waals surface area contributed by atoms with Crippen LogP contribution in [0.15, 0.2) is 22.6 Å². The highest BCUT2D eigenvalue weighted by molar-refractivity contribution is 5.92. The first kappa shape index (κ1) is 24.0. The lowest BCUT2D eigenvalue weighted by atomic mass is 9.91. The fourth-order valence-electron chi connectivity index (χ4n) is 3.77. The molecule has 0 N–H and O–H groups in total. The maximum atomic E-state index is 13.2. The minimum atomic E-state index is -4.42. The maximum absolute atomic E-state index is 13.2. The predicted octanol–water partition coefficient (Wildman–Crippen LogP) is 4.87. The van der Waals surface area contributed by atoms with E-state index in [4.69, 9.17) is 18.6 Å². The molecule has 0 spiro atoms. The van der Waals surface area contributed by atoms with Crippen molar-refractivity contribution in [2.24, 2.45) is 0 Å². The van der Waals surface area contributed by atoms with Crippen molar-refractivity contribution in [2.45, 2.75) is 51.9 Å². The van der Waals surface area contributed by atoms with Gasteiger partial charge in [0.1, 0.15) is 12.4 Å². The summed E-state index contributed by atoms with van der Waals surface area (Å²) in [6, 6.07) is 5.26. The average molecular weight is 455 g/mol. The van der Waals surface area contributed by atoms with Crippen LogP contribution in [0.5, 0.6) is 11.5 Å². The lowest BCUT2D eigenvalue weighted by Crippen LogP contribution is -2.35. The Morgan fingerprint density at radius 3 is 2.25 bits per heavy atom. The van der Waals surface area contributed by atoms with Crippen molar-refractivity contribution in [3.63, 3.8) is 0 Å². The number of methoxy groups -OCH3 is 2. The molecule has 32 heavy (non-hydrogen) atoms. The first-order chi connectivity index (χ1) is 14.9. The third-order valence-electron chi connectivity index (χ3n) is 5.23. The summed E-state index contributed by atoms with van der Waals surface area (Å²) in [7, 11) is 3.12. The van der Waals surface area contributed by atoms with Crippen molar-refractivity contribution < 1.29 is 36.6 Å². The Bertz CT molecular complexity index is 975. The van der Waals surface area contributed by atoms with Gasteiger partial charge in [0.25, 0.3) is 5.91 Å². The van der Waals surface area contributed by atoms with E-state index in [0.717, 1.165) is 11.1 Å². The zero-order valence-electron chi connectivity index (χ0n) is 18.9. The molecule has 0 atom stereocenters. The summed E-state index contributed by atoms with van der Waals surface area (Å²) in [6.07, 6.45) is -3.79. The summed E-state index contributed by atoms with van der Waals surface area (Å²) in [6.45, 7) is 4.78. The van der Waals surface area contributed by atoms with E-state index in [9.17, 15) is 18.0 Å². The van der Waals surface area contributed by atoms with Gasteiger partial charge in [0.2, 0.25) is 0 Å². The number of benzene rings is 1. The monoisotopic (exact) mass is 455 g/mol. The number of amides is 1. The lowest BCUT2D eigenvalue weighted by Gasteiger charge is -2.29. The van der Waals surface area contributed by atoms with Crippen LogP contribution in [-0.4, -0.2) is 44.4 Å². The van der Waals surface area contributed by atoms with E-state index in [-0.39, 0.29) is 18.3 Å². The number of carbonyl (C=O) groups is 1. The summed E-state index contributed by atoms with van der Waals surface area (Å²) in [5.74, 6) is 1.42. The molecule has 1 amide bonds. The largest absolute Gasteiger partial charge is 0.493 e. The van der Waals surface area contributed by atoms with Crippen LogP contribution in [0.25, 0.3) is 0 Å². The number of hydrogen-bond acceptors (Lipinski definition) is 5. The summed E-state index contributed by atoms with van der Waals surface area (Å²) in [5, 5.41) is 0. The van der Waals surface area contributed by atoms with Crippen molar-refractivity contribution in [2.75, 3.05) is 27.4 Å². The molecule has 0 saturated heterocycles. The van der Waals surface area contributed by atoms with Crippen molar-refractivity contribution in [1.82, 2.24) is 4.90 Å². The Kier molecular flexibility index (Phi) is 6.78. The van der Waals surface area contributed by atoms with Gasteiger partial charge >= 0.3 is 6.18 Å². The molecule has 9 heteroatoms. The highest BCUT2D eigenvalue weighted by atomic mass is 19.4. The van der Waals surface area contributed by atoms with E-state index < -0.39 is 18.2 Å². The number of halogens is 3. The molecule has 6 nitrogen and oxygen atoms in total. The third kappa shape index (κ3) is 5.38. The number of nitrogens with zero attached hydrogens (tertiary/aromatic N) is 1. The average Bonchev–Trinajstić information content (AvgIpc) is 3.15. The van der Waals surface area contributed by atoms with Gasteiger partial charge < -0.3 is 23.5 Å². The first-order valence-corrected chi connectivity index (χ1v) is 10.2. The molecule has 176 valence electrons. The molecule has 3 rings (SSSR count). The summed E-state index contributed by atoms with van der Waals surface area (Å²) < 4.78 is 58.8. The molecule has 0 unspecified atom stereocenters. The van der Waals surface area contributed by atoms with Crippen LogP contribution in [0.2, 0.25) is 0 Å². The quantitative estimate of drug-likeness (QED) is 0.622. The van der Waals surface area contributed by atoms with Crippen LogP contribution in [-0.2, 0) is 29.7 Å². The molecule has 2 heterocycles. The molecule has 1 aromatic carbocycles. The SMILES string of the molecule is COc1cc2c(cc1OC)CN(C(=O)c1cc(COCC(F)(F)F)c(C(C)(C)C)o1)CC2. The van der Waals surface area contributed by atoms with Crippen molar-refractivity contribution in [3.05, 3.63) is 46.4 Å². The molecule has 1 aliphatic rings. The van der Waals surface area contributed by atoms with E-state index >= 15 is 0 Å². The smallest absolute Gasteiger partial charge is 0.411 e. The zero-order chi connectivity index (χ0) is 23.7. The Labute approximate surface area is 185 Å². The van der Waals surface area contributed by atoms with Gasteiger partial charge in [-0.2, -0.15) is 13.2 Å². The molecule has 2 aromatic rings. The minimum Gasteiger partial charge on any atom is -0.493 e. The lowest BCUT2D eigenvalue weighted by molar-refractivity contribution is -0.176. The van der Waals surface area contributed by atoms with Crippen LogP contribution in [0.1, 0.15) is 53.8 Å². The first-order valence-electron chi connectivity index (χ1n) is 10.2. The van der Waals surface area contributed by atoms with E-state index in [1.54, 1.807) is 19.1 Å². The third-order valence-corrected chi connectivity index (χ3v) is 5.23. The molecule has 0 bridgehead atoms. The standard InChI is InChI=1S/C23H28F3NO5/c1-22(2,3)20-16(12-31-13-23(24,25)26)10-19(32-20)21(28)27-7-6-14-8-17(29-4)18(30-5)9-15(14)11-27/h8-10H,6-7,11-13H2,1-5H3. The van der Waals surface area contributed by atoms with Crippen molar-refractivity contribution in [3.8, 4) is 11.5 Å². The fourth-order valence-corrected chi connectivity index (χ4v) is 3.77. The Hall–Kier alpha value is -2.68. The number of furan rings is 1. The second-order valence-corrected chi connectivity index (χ2v) is 8.78. The van der Waals surface area contributed by atoms with Gasteiger partial charge in [0.05, 0.1) is 20.8 Å². The number of alkyl halides is 3. The van der Waals surface area contributed by atoms with E-state index in [0.29, 0.717) is 42.3 Å². The van der Waals surface area contributed by atoms with Crippen molar-refractivity contribution >= 4 is 5.91 Å². The molecular formula is C23H28F3NO5. The highest BCUT2D eigenvalue weighted by Crippen LogP contribution is 2.35. The van der Waals surface area contributed by atoms with Gasteiger partial charge in [0.15, 0.2) is 17.3 Å². The second-order valence-electron chi connectivity index (χ2n) is 8.78. The van der Waals surface area contributed by atoms with Gasteiger partial charge in [-0.1, -0.05) is 20.8 Å². The van der Waals surface area contributed by atoms with Crippen LogP contribution >= 0.6 is 0 Å². The van der Waals surface area contributed by atoms with Crippen LogP contribution in [0.3, 0.4) is 0 Å². The summed E-state index contributed by atoms with van der Waals surface area (Å²) in [5.41, 5.74) is 1.95. The van der Waals surface area contributed by atoms with Crippen LogP contribution in [0.4, 0.5) is 13.2 Å². The van der Waals surface area contributed by atoms with Crippen LogP contribution in [0, 0.1) is 0 Å². The van der Waals surface area contributed by atoms with Gasteiger partial charge in [-0.25, -0.2) is 0 Å². The molecular weight excluding hydrogens is 427 g/mol. The molecule has 1 aliphatic heterocycles. The molecule has 1 aromatic heterocycles. The van der Waals surface area contributed by atoms with Gasteiger partial charge in [-0.3, -0.25) is 4.79 Å². The summed E-state index contributed by atoms with van der Waals surface area (Å²) in [4.78, 5) is 14.8. The maximum Gasteiger partial charge on any atom is 0.411 e. The van der Waals surface area contributed by atoms with Crippen molar-refractivity contribution in [1.29, 1.82) is 0 Å². The van der Waals surface area contributed by atoms with Gasteiger partial charge in [-0.05, 0) is 35.7 Å². The Morgan fingerprint density at radius 1 is 1.06 bits per heavy atom. The predicted molar refractivity (Wildman–Crippen MR) is 111 cm³/mol.